The summed E-state index contributed by atoms with van der Waals surface area (Å²) in [6, 6.07) is 14.1. The van der Waals surface area contributed by atoms with Gasteiger partial charge in [-0.2, -0.15) is 5.26 Å². The van der Waals surface area contributed by atoms with Gasteiger partial charge < -0.3 is 14.8 Å². The van der Waals surface area contributed by atoms with E-state index in [9.17, 15) is 15.2 Å². The number of para-hydroxylation sites is 2. The summed E-state index contributed by atoms with van der Waals surface area (Å²) < 4.78 is 6.87. The van der Waals surface area contributed by atoms with Crippen molar-refractivity contribution in [3.8, 4) is 6.07 Å². The molecular formula is C20H16N6O3. The number of aryl methyl sites for hydroxylation is 1. The van der Waals surface area contributed by atoms with Gasteiger partial charge >= 0.3 is 5.97 Å². The van der Waals surface area contributed by atoms with E-state index in [1.165, 1.54) is 0 Å². The molecule has 0 amide bonds. The number of carbonyl (C=O) groups excluding carboxylic acids is 1. The molecule has 9 nitrogen and oxygen atoms in total. The summed E-state index contributed by atoms with van der Waals surface area (Å²) in [5, 5.41) is 27.7. The smallest absolute Gasteiger partial charge is 0.338 e. The van der Waals surface area contributed by atoms with Gasteiger partial charge in [0.05, 0.1) is 22.1 Å². The average Bonchev–Trinajstić information content (AvgIpc) is 3.35. The van der Waals surface area contributed by atoms with Crippen molar-refractivity contribution in [2.45, 2.75) is 13.5 Å². The van der Waals surface area contributed by atoms with Crippen molar-refractivity contribution < 1.29 is 14.6 Å². The average molecular weight is 388 g/mol. The van der Waals surface area contributed by atoms with Gasteiger partial charge in [0.1, 0.15) is 23.8 Å². The molecule has 0 saturated heterocycles. The summed E-state index contributed by atoms with van der Waals surface area (Å²) in [6.07, 6.45) is 0. The Morgan fingerprint density at radius 3 is 2.86 bits per heavy atom. The van der Waals surface area contributed by atoms with Gasteiger partial charge in [0, 0.05) is 6.54 Å². The molecule has 9 heteroatoms. The Labute approximate surface area is 164 Å². The van der Waals surface area contributed by atoms with Gasteiger partial charge in [-0.3, -0.25) is 0 Å². The Hall–Kier alpha value is -4.19. The fourth-order valence-corrected chi connectivity index (χ4v) is 2.95. The van der Waals surface area contributed by atoms with Crippen LogP contribution < -0.4 is 0 Å². The van der Waals surface area contributed by atoms with Crippen LogP contribution in [0.5, 0.6) is 0 Å². The number of aliphatic hydroxyl groups is 1. The van der Waals surface area contributed by atoms with Crippen LogP contribution >= 0.6 is 0 Å². The van der Waals surface area contributed by atoms with Gasteiger partial charge in [-0.1, -0.05) is 17.3 Å². The minimum Gasteiger partial charge on any atom is -0.507 e. The SMILES string of the molecule is CCn1nnc2cc(C(=O)OC/C(O)=C(\C#N)c3nc4ccccc4[nH]3)ccc21. The predicted molar refractivity (Wildman–Crippen MR) is 105 cm³/mol. The van der Waals surface area contributed by atoms with Crippen molar-refractivity contribution in [3.05, 3.63) is 59.6 Å². The molecule has 2 heterocycles. The fourth-order valence-electron chi connectivity index (χ4n) is 2.95. The molecule has 2 aromatic carbocycles. The van der Waals surface area contributed by atoms with Gasteiger partial charge in [0.15, 0.2) is 11.6 Å². The minimum atomic E-state index is -0.647. The third-order valence-corrected chi connectivity index (χ3v) is 4.42. The van der Waals surface area contributed by atoms with Crippen molar-refractivity contribution >= 4 is 33.6 Å². The van der Waals surface area contributed by atoms with E-state index in [2.05, 4.69) is 20.3 Å². The number of carbonyl (C=O) groups is 1. The number of nitrogens with zero attached hydrogens (tertiary/aromatic N) is 5. The number of allylic oxidation sites excluding steroid dienone is 1. The second kappa shape index (κ2) is 7.44. The first kappa shape index (κ1) is 18.2. The molecule has 4 aromatic rings. The zero-order chi connectivity index (χ0) is 20.4. The topological polar surface area (TPSA) is 130 Å². The Balaban J connectivity index is 1.53. The molecule has 0 bridgehead atoms. The molecule has 4 rings (SSSR count). The standard InChI is InChI=1S/C20H16N6O3/c1-2-26-17-8-7-12(9-16(17)24-25-26)20(28)29-11-18(27)13(10-21)19-22-14-5-3-4-6-15(14)23-19/h3-9,27H,2,11H2,1H3,(H,22,23)/b18-13-. The monoisotopic (exact) mass is 388 g/mol. The molecule has 0 spiro atoms. The second-order valence-electron chi connectivity index (χ2n) is 6.22. The molecule has 0 unspecified atom stereocenters. The van der Waals surface area contributed by atoms with E-state index in [-0.39, 0.29) is 17.0 Å². The molecule has 0 aliphatic carbocycles. The second-order valence-corrected chi connectivity index (χ2v) is 6.22. The van der Waals surface area contributed by atoms with Crippen LogP contribution in [0.1, 0.15) is 23.1 Å². The summed E-state index contributed by atoms with van der Waals surface area (Å²) in [6.45, 7) is 2.15. The zero-order valence-corrected chi connectivity index (χ0v) is 15.5. The lowest BCUT2D eigenvalue weighted by molar-refractivity contribution is 0.0503. The summed E-state index contributed by atoms with van der Waals surface area (Å²) in [4.78, 5) is 19.6. The largest absolute Gasteiger partial charge is 0.507 e. The third kappa shape index (κ3) is 3.39. The summed E-state index contributed by atoms with van der Waals surface area (Å²) in [5.74, 6) is -0.829. The number of ether oxygens (including phenoxy) is 1. The summed E-state index contributed by atoms with van der Waals surface area (Å²) in [5.41, 5.74) is 2.96. The normalized spacial score (nSPS) is 12.0. The molecule has 0 atom stereocenters. The molecule has 0 fully saturated rings. The van der Waals surface area contributed by atoms with Crippen molar-refractivity contribution in [1.82, 2.24) is 25.0 Å². The summed E-state index contributed by atoms with van der Waals surface area (Å²) in [7, 11) is 0. The number of rotatable bonds is 5. The highest BCUT2D eigenvalue weighted by Gasteiger charge is 2.16. The maximum atomic E-state index is 12.3. The number of imidazole rings is 1. The molecule has 2 N–H and O–H groups in total. The fraction of sp³-hybridized carbons (Fsp3) is 0.150. The van der Waals surface area contributed by atoms with Crippen LogP contribution in [0.25, 0.3) is 27.6 Å². The number of nitrogens with one attached hydrogen (secondary N) is 1. The Bertz CT molecular complexity index is 1260. The van der Waals surface area contributed by atoms with Gasteiger partial charge in [-0.15, -0.1) is 5.10 Å². The molecule has 0 aliphatic heterocycles. The molecule has 29 heavy (non-hydrogen) atoms. The van der Waals surface area contributed by atoms with Crippen molar-refractivity contribution in [1.29, 1.82) is 5.26 Å². The quantitative estimate of drug-likeness (QED) is 0.305. The molecule has 0 saturated carbocycles. The highest BCUT2D eigenvalue weighted by Crippen LogP contribution is 2.19. The number of H-pyrrole nitrogens is 1. The van der Waals surface area contributed by atoms with E-state index in [4.69, 9.17) is 4.74 Å². The van der Waals surface area contributed by atoms with E-state index in [1.54, 1.807) is 28.9 Å². The Morgan fingerprint density at radius 1 is 1.28 bits per heavy atom. The molecule has 2 aromatic heterocycles. The van der Waals surface area contributed by atoms with Gasteiger partial charge in [0.25, 0.3) is 0 Å². The minimum absolute atomic E-state index is 0.0876. The van der Waals surface area contributed by atoms with Crippen LogP contribution in [0.15, 0.2) is 48.2 Å². The molecular weight excluding hydrogens is 372 g/mol. The lowest BCUT2D eigenvalue weighted by Gasteiger charge is -2.06. The van der Waals surface area contributed by atoms with Crippen molar-refractivity contribution in [2.24, 2.45) is 0 Å². The van der Waals surface area contributed by atoms with Crippen LogP contribution in [0.4, 0.5) is 0 Å². The maximum absolute atomic E-state index is 12.3. The van der Waals surface area contributed by atoms with Crippen LogP contribution in [0, 0.1) is 11.3 Å². The zero-order valence-electron chi connectivity index (χ0n) is 15.5. The molecule has 0 aliphatic rings. The van der Waals surface area contributed by atoms with Crippen LogP contribution in [0.3, 0.4) is 0 Å². The van der Waals surface area contributed by atoms with E-state index >= 15 is 0 Å². The van der Waals surface area contributed by atoms with E-state index < -0.39 is 18.3 Å². The summed E-state index contributed by atoms with van der Waals surface area (Å²) >= 11 is 0. The number of esters is 1. The van der Waals surface area contributed by atoms with Gasteiger partial charge in [-0.25, -0.2) is 14.5 Å². The number of aromatic amines is 1. The lowest BCUT2D eigenvalue weighted by atomic mass is 10.2. The number of nitriles is 1. The first-order chi connectivity index (χ1) is 14.1. The number of hydrogen-bond donors (Lipinski definition) is 2. The number of aromatic nitrogens is 5. The first-order valence-corrected chi connectivity index (χ1v) is 8.88. The van der Waals surface area contributed by atoms with Crippen LogP contribution in [-0.4, -0.2) is 42.6 Å². The lowest BCUT2D eigenvalue weighted by Crippen LogP contribution is -2.09. The van der Waals surface area contributed by atoms with Crippen LogP contribution in [-0.2, 0) is 11.3 Å². The van der Waals surface area contributed by atoms with Crippen LogP contribution in [0.2, 0.25) is 0 Å². The number of aliphatic hydroxyl groups excluding tert-OH is 1. The van der Waals surface area contributed by atoms with E-state index in [1.807, 2.05) is 31.2 Å². The van der Waals surface area contributed by atoms with E-state index in [0.29, 0.717) is 17.6 Å². The van der Waals surface area contributed by atoms with Crippen molar-refractivity contribution in [3.63, 3.8) is 0 Å². The van der Waals surface area contributed by atoms with E-state index in [0.717, 1.165) is 11.0 Å². The predicted octanol–water partition coefficient (Wildman–Crippen LogP) is 2.98. The Kier molecular flexibility index (Phi) is 4.66. The van der Waals surface area contributed by atoms with Gasteiger partial charge in [0.2, 0.25) is 0 Å². The number of benzene rings is 2. The Morgan fingerprint density at radius 2 is 2.10 bits per heavy atom. The maximum Gasteiger partial charge on any atom is 0.338 e. The third-order valence-electron chi connectivity index (χ3n) is 4.42. The number of fused-ring (bicyclic) bond motifs is 2. The highest BCUT2D eigenvalue weighted by molar-refractivity contribution is 5.93. The molecule has 0 radical (unpaired) electrons. The van der Waals surface area contributed by atoms with Crippen molar-refractivity contribution in [2.75, 3.05) is 6.61 Å². The number of hydrogen-bond acceptors (Lipinski definition) is 7. The van der Waals surface area contributed by atoms with Gasteiger partial charge in [-0.05, 0) is 37.3 Å². The molecule has 144 valence electrons. The first-order valence-electron chi connectivity index (χ1n) is 8.88. The highest BCUT2D eigenvalue weighted by atomic mass is 16.5.